The molecule has 1 aromatic heterocycles. The van der Waals surface area contributed by atoms with Crippen LogP contribution in [0.4, 0.5) is 11.5 Å². The highest BCUT2D eigenvalue weighted by atomic mass is 79.9. The minimum Gasteiger partial charge on any atom is -0.396 e. The summed E-state index contributed by atoms with van der Waals surface area (Å²) in [5, 5.41) is 0. The first kappa shape index (κ1) is 12.6. The Morgan fingerprint density at radius 1 is 1.59 bits per heavy atom. The van der Waals surface area contributed by atoms with Crippen molar-refractivity contribution in [3.8, 4) is 0 Å². The molecule has 0 radical (unpaired) electrons. The first-order valence-electron chi connectivity index (χ1n) is 5.71. The van der Waals surface area contributed by atoms with Crippen LogP contribution in [0.2, 0.25) is 0 Å². The van der Waals surface area contributed by atoms with Crippen LogP contribution in [-0.4, -0.2) is 29.8 Å². The third-order valence-electron chi connectivity index (χ3n) is 2.73. The van der Waals surface area contributed by atoms with Gasteiger partial charge in [0, 0.05) is 23.8 Å². The second kappa shape index (κ2) is 4.46. The zero-order chi connectivity index (χ0) is 12.6. The first-order chi connectivity index (χ1) is 7.87. The van der Waals surface area contributed by atoms with Crippen molar-refractivity contribution in [3.63, 3.8) is 0 Å². The molecule has 17 heavy (non-hydrogen) atoms. The molecule has 1 fully saturated rings. The Morgan fingerprint density at radius 3 is 2.88 bits per heavy atom. The van der Waals surface area contributed by atoms with Crippen LogP contribution >= 0.6 is 15.9 Å². The van der Waals surface area contributed by atoms with E-state index >= 15 is 0 Å². The van der Waals surface area contributed by atoms with E-state index in [-0.39, 0.29) is 11.7 Å². The van der Waals surface area contributed by atoms with Crippen molar-refractivity contribution < 1.29 is 4.74 Å². The van der Waals surface area contributed by atoms with Gasteiger partial charge in [0.05, 0.1) is 17.4 Å². The summed E-state index contributed by atoms with van der Waals surface area (Å²) in [5.41, 5.74) is 6.54. The predicted molar refractivity (Wildman–Crippen MR) is 73.2 cm³/mol. The lowest BCUT2D eigenvalue weighted by Crippen LogP contribution is -2.52. The summed E-state index contributed by atoms with van der Waals surface area (Å²) in [6, 6.07) is 1.88. The average molecular weight is 300 g/mol. The van der Waals surface area contributed by atoms with Crippen molar-refractivity contribution in [3.05, 3.63) is 16.7 Å². The van der Waals surface area contributed by atoms with E-state index in [0.717, 1.165) is 23.4 Å². The minimum absolute atomic E-state index is 0.168. The number of nitrogens with zero attached hydrogens (tertiary/aromatic N) is 2. The lowest BCUT2D eigenvalue weighted by Gasteiger charge is -2.42. The van der Waals surface area contributed by atoms with Crippen LogP contribution in [-0.2, 0) is 4.74 Å². The maximum absolute atomic E-state index is 6.01. The quantitative estimate of drug-likeness (QED) is 0.865. The predicted octanol–water partition coefficient (Wildman–Crippen LogP) is 2.43. The topological polar surface area (TPSA) is 51.4 Å². The van der Waals surface area contributed by atoms with E-state index in [0.29, 0.717) is 5.69 Å². The second-order valence-electron chi connectivity index (χ2n) is 5.14. The number of pyridine rings is 1. The van der Waals surface area contributed by atoms with Crippen molar-refractivity contribution in [2.75, 3.05) is 23.7 Å². The maximum Gasteiger partial charge on any atom is 0.152 e. The number of aromatic nitrogens is 1. The number of hydrogen-bond donors (Lipinski definition) is 1. The summed E-state index contributed by atoms with van der Waals surface area (Å²) in [4.78, 5) is 6.59. The van der Waals surface area contributed by atoms with Crippen LogP contribution in [0.1, 0.15) is 20.8 Å². The molecular formula is C12H18BrN3O. The van der Waals surface area contributed by atoms with Crippen molar-refractivity contribution in [2.45, 2.75) is 32.5 Å². The van der Waals surface area contributed by atoms with Crippen LogP contribution in [0.5, 0.6) is 0 Å². The van der Waals surface area contributed by atoms with Crippen molar-refractivity contribution in [1.29, 1.82) is 0 Å². The van der Waals surface area contributed by atoms with Gasteiger partial charge in [0.1, 0.15) is 0 Å². The highest BCUT2D eigenvalue weighted by molar-refractivity contribution is 9.10. The molecule has 0 spiro atoms. The smallest absolute Gasteiger partial charge is 0.152 e. The highest BCUT2D eigenvalue weighted by Crippen LogP contribution is 2.29. The summed E-state index contributed by atoms with van der Waals surface area (Å²) in [6.07, 6.45) is 1.96. The van der Waals surface area contributed by atoms with E-state index in [1.54, 1.807) is 6.20 Å². The highest BCUT2D eigenvalue weighted by Gasteiger charge is 2.32. The van der Waals surface area contributed by atoms with Gasteiger partial charge >= 0.3 is 0 Å². The van der Waals surface area contributed by atoms with Gasteiger partial charge in [0.25, 0.3) is 0 Å². The molecule has 5 heteroatoms. The van der Waals surface area contributed by atoms with Gasteiger partial charge in [-0.1, -0.05) is 0 Å². The van der Waals surface area contributed by atoms with Gasteiger partial charge in [-0.05, 0) is 42.8 Å². The Hall–Kier alpha value is -0.810. The third-order valence-corrected chi connectivity index (χ3v) is 3.16. The van der Waals surface area contributed by atoms with Gasteiger partial charge < -0.3 is 15.4 Å². The first-order valence-corrected chi connectivity index (χ1v) is 6.50. The molecule has 1 aliphatic heterocycles. The number of nitrogen functional groups attached to an aromatic ring is 1. The summed E-state index contributed by atoms with van der Waals surface area (Å²) < 4.78 is 6.77. The molecular weight excluding hydrogens is 282 g/mol. The Labute approximate surface area is 110 Å². The van der Waals surface area contributed by atoms with Crippen LogP contribution in [0.3, 0.4) is 0 Å². The monoisotopic (exact) mass is 299 g/mol. The average Bonchev–Trinajstić information content (AvgIpc) is 2.13. The number of anilines is 2. The Bertz CT molecular complexity index is 422. The molecule has 2 heterocycles. The fourth-order valence-electron chi connectivity index (χ4n) is 2.33. The summed E-state index contributed by atoms with van der Waals surface area (Å²) in [6.45, 7) is 7.87. The molecule has 1 atom stereocenters. The van der Waals surface area contributed by atoms with E-state index in [2.05, 4.69) is 46.6 Å². The zero-order valence-electron chi connectivity index (χ0n) is 10.4. The van der Waals surface area contributed by atoms with Crippen LogP contribution in [0.25, 0.3) is 0 Å². The molecule has 1 aromatic rings. The normalized spacial score (nSPS) is 23.8. The molecule has 0 aliphatic carbocycles. The molecule has 0 bridgehead atoms. The van der Waals surface area contributed by atoms with E-state index in [4.69, 9.17) is 10.5 Å². The van der Waals surface area contributed by atoms with Crippen molar-refractivity contribution >= 4 is 27.4 Å². The summed E-state index contributed by atoms with van der Waals surface area (Å²) >= 11 is 3.37. The Kier molecular flexibility index (Phi) is 3.32. The van der Waals surface area contributed by atoms with Gasteiger partial charge in [-0.15, -0.1) is 0 Å². The molecule has 4 nitrogen and oxygen atoms in total. The number of rotatable bonds is 1. The van der Waals surface area contributed by atoms with Crippen LogP contribution in [0.15, 0.2) is 16.7 Å². The van der Waals surface area contributed by atoms with Crippen molar-refractivity contribution in [2.24, 2.45) is 0 Å². The lowest BCUT2D eigenvalue weighted by molar-refractivity contribution is -0.0751. The van der Waals surface area contributed by atoms with Crippen molar-refractivity contribution in [1.82, 2.24) is 4.98 Å². The maximum atomic E-state index is 6.01. The molecule has 0 saturated carbocycles. The number of hydrogen-bond acceptors (Lipinski definition) is 4. The third kappa shape index (κ3) is 2.90. The Balaban J connectivity index is 2.27. The van der Waals surface area contributed by atoms with E-state index in [1.807, 2.05) is 6.07 Å². The summed E-state index contributed by atoms with van der Waals surface area (Å²) in [5.74, 6) is 0.844. The molecule has 2 rings (SSSR count). The minimum atomic E-state index is -0.168. The fraction of sp³-hybridized carbons (Fsp3) is 0.583. The number of nitrogens with two attached hydrogens (primary N) is 1. The number of morpholine rings is 1. The van der Waals surface area contributed by atoms with Crippen LogP contribution in [0, 0.1) is 0 Å². The van der Waals surface area contributed by atoms with E-state index in [1.165, 1.54) is 0 Å². The largest absolute Gasteiger partial charge is 0.396 e. The van der Waals surface area contributed by atoms with Gasteiger partial charge in [0.2, 0.25) is 0 Å². The molecule has 1 aliphatic rings. The zero-order valence-corrected chi connectivity index (χ0v) is 12.0. The van der Waals surface area contributed by atoms with Gasteiger partial charge in [0.15, 0.2) is 5.82 Å². The lowest BCUT2D eigenvalue weighted by atomic mass is 10.1. The molecule has 94 valence electrons. The Morgan fingerprint density at radius 2 is 2.29 bits per heavy atom. The molecule has 0 aromatic carbocycles. The van der Waals surface area contributed by atoms with E-state index < -0.39 is 0 Å². The fourth-order valence-corrected chi connectivity index (χ4v) is 2.68. The number of ether oxygens (including phenoxy) is 1. The second-order valence-corrected chi connectivity index (χ2v) is 6.05. The molecule has 0 amide bonds. The van der Waals surface area contributed by atoms with Gasteiger partial charge in [-0.3, -0.25) is 0 Å². The van der Waals surface area contributed by atoms with Gasteiger partial charge in [-0.25, -0.2) is 4.98 Å². The van der Waals surface area contributed by atoms with E-state index in [9.17, 15) is 0 Å². The van der Waals surface area contributed by atoms with Gasteiger partial charge in [-0.2, -0.15) is 0 Å². The molecule has 1 unspecified atom stereocenters. The van der Waals surface area contributed by atoms with Crippen LogP contribution < -0.4 is 10.6 Å². The molecule has 2 N–H and O–H groups in total. The molecule has 1 saturated heterocycles. The number of halogens is 1. The SMILES string of the molecule is CC1CN(c2ncc(Br)cc2N)CC(C)(C)O1. The standard InChI is InChI=1S/C12H18BrN3O/c1-8-6-16(7-12(2,3)17-8)11-10(14)4-9(13)5-15-11/h4-5,8H,6-7,14H2,1-3H3. The summed E-state index contributed by atoms with van der Waals surface area (Å²) in [7, 11) is 0.